The smallest absolute Gasteiger partial charge is 0.137 e. The fraction of sp³-hybridized carbons (Fsp3) is 0.254. The summed E-state index contributed by atoms with van der Waals surface area (Å²) in [4.78, 5) is 9.85. The molecule has 2 aromatic heterocycles. The Hall–Kier alpha value is -7.89. The van der Waals surface area contributed by atoms with Crippen molar-refractivity contribution in [2.24, 2.45) is 0 Å². The third-order valence-electron chi connectivity index (χ3n) is 15.3. The van der Waals surface area contributed by atoms with Gasteiger partial charge >= 0.3 is 0 Å². The molecule has 5 heteroatoms. The van der Waals surface area contributed by atoms with Crippen molar-refractivity contribution in [1.82, 2.24) is 9.55 Å². The molecule has 5 nitrogen and oxygen atoms in total. The molecule has 76 heavy (non-hydrogen) atoms. The van der Waals surface area contributed by atoms with Crippen LogP contribution in [-0.2, 0) is 21.7 Å². The Morgan fingerprint density at radius 1 is 0.434 bits per heavy atom. The van der Waals surface area contributed by atoms with Gasteiger partial charge in [0.25, 0.3) is 0 Å². The van der Waals surface area contributed by atoms with Gasteiger partial charge in [-0.05, 0) is 127 Å². The zero-order valence-electron chi connectivity index (χ0n) is 49.3. The molecule has 0 amide bonds. The molecule has 0 radical (unpaired) electrons. The second-order valence-corrected chi connectivity index (χ2v) is 24.9. The molecule has 1 aliphatic rings. The molecule has 0 N–H and O–H groups in total. The number of fused-ring (bicyclic) bond motifs is 4. The highest BCUT2D eigenvalue weighted by Crippen LogP contribution is 2.51. The maximum atomic E-state index is 8.59. The van der Waals surface area contributed by atoms with E-state index in [-0.39, 0.29) is 21.7 Å². The van der Waals surface area contributed by atoms with Crippen molar-refractivity contribution in [1.29, 1.82) is 0 Å². The fourth-order valence-electron chi connectivity index (χ4n) is 10.7. The summed E-state index contributed by atoms with van der Waals surface area (Å²) >= 11 is 0. The number of aryl methyl sites for hydroxylation is 1. The number of aromatic nitrogens is 2. The lowest BCUT2D eigenvalue weighted by atomic mass is 9.78. The van der Waals surface area contributed by atoms with Gasteiger partial charge in [0.05, 0.1) is 28.1 Å². The standard InChI is InChI=1S/C71H72N4O/c1-46-38-50(68(2,3)4)32-35-57(46)47-28-30-48(31-29-47)58-23-19-24-59(49-39-52(70(8,9)10)41-53(40-49)71(11,12)13)67(58)74-45-73(63-26-16-17-27-64(63)74)54-20-18-21-55(42-54)76-56-34-36-61-60-22-14-15-25-62(60)75(65(61)43-56)66-37-33-51(44-72-66)69(5,6)7/h14-44H,45H2,1-13H3/i1D3. The van der Waals surface area contributed by atoms with Crippen LogP contribution in [0.1, 0.15) is 115 Å². The van der Waals surface area contributed by atoms with Gasteiger partial charge in [-0.2, -0.15) is 0 Å². The number of rotatable bonds is 8. The molecule has 0 aliphatic carbocycles. The van der Waals surface area contributed by atoms with Crippen molar-refractivity contribution in [3.05, 3.63) is 216 Å². The van der Waals surface area contributed by atoms with Crippen molar-refractivity contribution < 1.29 is 8.85 Å². The second kappa shape index (κ2) is 18.7. The molecule has 1 aliphatic heterocycles. The predicted octanol–water partition coefficient (Wildman–Crippen LogP) is 19.7. The number of anilines is 4. The van der Waals surface area contributed by atoms with Gasteiger partial charge in [-0.15, -0.1) is 0 Å². The number of ether oxygens (including phenoxy) is 1. The minimum atomic E-state index is -2.28. The van der Waals surface area contributed by atoms with Crippen LogP contribution in [0.3, 0.4) is 0 Å². The molecule has 0 saturated heterocycles. The molecule has 8 aromatic carbocycles. The molecular weight excluding hydrogens is 925 g/mol. The Morgan fingerprint density at radius 2 is 1.01 bits per heavy atom. The first-order valence-corrected chi connectivity index (χ1v) is 26.8. The summed E-state index contributed by atoms with van der Waals surface area (Å²) in [5.41, 5.74) is 17.1. The molecular formula is C71H72N4O. The maximum absolute atomic E-state index is 8.59. The average molecular weight is 1000 g/mol. The third kappa shape index (κ3) is 9.46. The largest absolute Gasteiger partial charge is 0.457 e. The summed E-state index contributed by atoms with van der Waals surface area (Å²) in [6.07, 6.45) is 2.00. The molecule has 0 bridgehead atoms. The van der Waals surface area contributed by atoms with Crippen molar-refractivity contribution >= 4 is 44.6 Å². The van der Waals surface area contributed by atoms with E-state index in [1.165, 1.54) is 16.7 Å². The highest BCUT2D eigenvalue weighted by molar-refractivity contribution is 6.09. The van der Waals surface area contributed by atoms with Crippen LogP contribution in [0, 0.1) is 6.85 Å². The molecule has 10 aromatic rings. The molecule has 0 unspecified atom stereocenters. The molecule has 3 heterocycles. The number of nitrogens with zero attached hydrogens (tertiary/aromatic N) is 4. The zero-order chi connectivity index (χ0) is 56.0. The van der Waals surface area contributed by atoms with Gasteiger partial charge in [-0.1, -0.05) is 204 Å². The monoisotopic (exact) mass is 1000 g/mol. The first kappa shape index (κ1) is 46.6. The van der Waals surface area contributed by atoms with Crippen LogP contribution < -0.4 is 14.5 Å². The highest BCUT2D eigenvalue weighted by Gasteiger charge is 2.32. The van der Waals surface area contributed by atoms with Crippen LogP contribution in [0.15, 0.2) is 188 Å². The number of para-hydroxylation sites is 4. The van der Waals surface area contributed by atoms with E-state index in [2.05, 4.69) is 261 Å². The van der Waals surface area contributed by atoms with Crippen LogP contribution in [0.2, 0.25) is 0 Å². The average Bonchev–Trinajstić information content (AvgIpc) is 4.22. The summed E-state index contributed by atoms with van der Waals surface area (Å²) < 4.78 is 34.9. The second-order valence-electron chi connectivity index (χ2n) is 24.9. The Bertz CT molecular complexity index is 3900. The topological polar surface area (TPSA) is 33.5 Å². The molecule has 11 rings (SSSR count). The molecule has 0 fully saturated rings. The summed E-state index contributed by atoms with van der Waals surface area (Å²) in [7, 11) is 0. The summed E-state index contributed by atoms with van der Waals surface area (Å²) in [6, 6.07) is 64.5. The van der Waals surface area contributed by atoms with Crippen molar-refractivity contribution in [2.45, 2.75) is 112 Å². The molecule has 382 valence electrons. The van der Waals surface area contributed by atoms with Crippen molar-refractivity contribution in [2.75, 3.05) is 16.5 Å². The summed E-state index contributed by atoms with van der Waals surface area (Å²) in [6.45, 7) is 25.0. The van der Waals surface area contributed by atoms with E-state index >= 15 is 0 Å². The van der Waals surface area contributed by atoms with E-state index in [1.807, 2.05) is 24.4 Å². The van der Waals surface area contributed by atoms with E-state index in [1.54, 1.807) is 0 Å². The van der Waals surface area contributed by atoms with Crippen LogP contribution in [-0.4, -0.2) is 16.2 Å². The normalized spacial score (nSPS) is 14.0. The zero-order valence-corrected chi connectivity index (χ0v) is 46.3. The van der Waals surface area contributed by atoms with E-state index in [0.717, 1.165) is 101 Å². The van der Waals surface area contributed by atoms with Gasteiger partial charge in [0.15, 0.2) is 0 Å². The van der Waals surface area contributed by atoms with Gasteiger partial charge in [0.1, 0.15) is 24.0 Å². The quantitative estimate of drug-likeness (QED) is 0.152. The minimum Gasteiger partial charge on any atom is -0.457 e. The first-order valence-electron chi connectivity index (χ1n) is 28.3. The Morgan fingerprint density at radius 3 is 1.66 bits per heavy atom. The maximum Gasteiger partial charge on any atom is 0.137 e. The fourth-order valence-corrected chi connectivity index (χ4v) is 10.7. The van der Waals surface area contributed by atoms with Crippen molar-refractivity contribution in [3.63, 3.8) is 0 Å². The summed E-state index contributed by atoms with van der Waals surface area (Å²) in [5.74, 6) is 2.32. The lowest BCUT2D eigenvalue weighted by Gasteiger charge is -2.29. The SMILES string of the molecule is [2H]C([2H])([2H])c1cc(C(C)(C)C)ccc1-c1ccc(-c2cccc(-c3cc(C(C)(C)C)cc(C(C)(C)C)c3)c2N2CN(c3cccc(Oc4ccc5c6ccccc6n(-c6ccc(C(C)(C)C)cn6)c5c4)c3)c3ccccc32)cc1. The third-order valence-corrected chi connectivity index (χ3v) is 15.3. The van der Waals surface area contributed by atoms with Crippen LogP contribution in [0.25, 0.3) is 61.0 Å². The van der Waals surface area contributed by atoms with Crippen LogP contribution >= 0.6 is 0 Å². The van der Waals surface area contributed by atoms with Crippen LogP contribution in [0.5, 0.6) is 11.5 Å². The van der Waals surface area contributed by atoms with Gasteiger partial charge in [0.2, 0.25) is 0 Å². The Kier molecular flexibility index (Phi) is 11.5. The number of hydrogen-bond acceptors (Lipinski definition) is 4. The lowest BCUT2D eigenvalue weighted by Crippen LogP contribution is -2.25. The number of hydrogen-bond donors (Lipinski definition) is 0. The number of benzene rings is 8. The Labute approximate surface area is 455 Å². The first-order chi connectivity index (χ1) is 37.3. The molecule has 0 atom stereocenters. The predicted molar refractivity (Wildman–Crippen MR) is 323 cm³/mol. The Balaban J connectivity index is 1.01. The summed E-state index contributed by atoms with van der Waals surface area (Å²) in [5, 5.41) is 2.30. The number of pyridine rings is 1. The minimum absolute atomic E-state index is 0.00874. The van der Waals surface area contributed by atoms with Crippen LogP contribution in [0.4, 0.5) is 22.7 Å². The van der Waals surface area contributed by atoms with Gasteiger partial charge in [-0.25, -0.2) is 4.98 Å². The van der Waals surface area contributed by atoms with E-state index in [0.29, 0.717) is 12.2 Å². The lowest BCUT2D eigenvalue weighted by molar-refractivity contribution is 0.483. The van der Waals surface area contributed by atoms with E-state index in [9.17, 15) is 0 Å². The van der Waals surface area contributed by atoms with E-state index < -0.39 is 6.85 Å². The van der Waals surface area contributed by atoms with Gasteiger partial charge < -0.3 is 14.5 Å². The molecule has 0 spiro atoms. The highest BCUT2D eigenvalue weighted by atomic mass is 16.5. The van der Waals surface area contributed by atoms with Gasteiger partial charge in [-0.3, -0.25) is 4.57 Å². The van der Waals surface area contributed by atoms with Crippen molar-refractivity contribution in [3.8, 4) is 50.7 Å². The van der Waals surface area contributed by atoms with Gasteiger partial charge in [0, 0.05) is 50.0 Å². The molecule has 0 saturated carbocycles. The van der Waals surface area contributed by atoms with E-state index in [4.69, 9.17) is 13.8 Å².